The number of nitrogens with two attached hydrogens (primary N) is 1. The number of aliphatic carboxylic acids is 1. The molecule has 0 amide bonds. The molecule has 0 spiro atoms. The van der Waals surface area contributed by atoms with E-state index in [0.29, 0.717) is 10.9 Å². The molecule has 20 heavy (non-hydrogen) atoms. The third-order valence-electron chi connectivity index (χ3n) is 2.72. The van der Waals surface area contributed by atoms with Gasteiger partial charge in [0.1, 0.15) is 5.54 Å². The van der Waals surface area contributed by atoms with Crippen LogP contribution in [0.25, 0.3) is 0 Å². The average molecular weight is 347 g/mol. The van der Waals surface area contributed by atoms with Crippen LogP contribution in [0, 0.1) is 10.1 Å². The van der Waals surface area contributed by atoms with Gasteiger partial charge < -0.3 is 15.6 Å². The van der Waals surface area contributed by atoms with Crippen LogP contribution in [0.15, 0.2) is 22.7 Å². The summed E-state index contributed by atoms with van der Waals surface area (Å²) in [5.74, 6) is -0.962. The Morgan fingerprint density at radius 1 is 1.60 bits per heavy atom. The molecule has 0 heterocycles. The van der Waals surface area contributed by atoms with Gasteiger partial charge in [0.2, 0.25) is 5.75 Å². The monoisotopic (exact) mass is 346 g/mol. The van der Waals surface area contributed by atoms with E-state index in [4.69, 9.17) is 15.6 Å². The van der Waals surface area contributed by atoms with Gasteiger partial charge in [0.15, 0.2) is 0 Å². The standard InChI is InChI=1S/C12H15BrN2O5/c1-12(14,11(16)17)6-3-7-20-10-8(13)4-2-5-9(10)15(18)19/h2,4-5H,3,6-7,14H2,1H3,(H,16,17). The molecule has 0 bridgehead atoms. The van der Waals surface area contributed by atoms with Crippen LogP contribution < -0.4 is 10.5 Å². The number of nitro benzene ring substituents is 1. The number of benzene rings is 1. The second-order valence-corrected chi connectivity index (χ2v) is 5.37. The highest BCUT2D eigenvalue weighted by Gasteiger charge is 2.27. The fraction of sp³-hybridized carbons (Fsp3) is 0.417. The van der Waals surface area contributed by atoms with Gasteiger partial charge in [0, 0.05) is 6.07 Å². The number of carboxylic acids is 1. The van der Waals surface area contributed by atoms with Crippen molar-refractivity contribution in [3.05, 3.63) is 32.8 Å². The van der Waals surface area contributed by atoms with Gasteiger partial charge >= 0.3 is 11.7 Å². The van der Waals surface area contributed by atoms with Crippen molar-refractivity contribution in [2.24, 2.45) is 5.73 Å². The molecule has 0 saturated heterocycles. The van der Waals surface area contributed by atoms with E-state index < -0.39 is 16.4 Å². The number of carboxylic acid groups (broad SMARTS) is 1. The van der Waals surface area contributed by atoms with Crippen molar-refractivity contribution in [3.8, 4) is 5.75 Å². The highest BCUT2D eigenvalue weighted by Crippen LogP contribution is 2.34. The second-order valence-electron chi connectivity index (χ2n) is 4.52. The topological polar surface area (TPSA) is 116 Å². The molecule has 0 saturated carbocycles. The van der Waals surface area contributed by atoms with Crippen LogP contribution in [0.3, 0.4) is 0 Å². The summed E-state index contributed by atoms with van der Waals surface area (Å²) in [6, 6.07) is 4.51. The first-order chi connectivity index (χ1) is 9.25. The summed E-state index contributed by atoms with van der Waals surface area (Å²) in [6.45, 7) is 1.56. The first kappa shape index (κ1) is 16.4. The van der Waals surface area contributed by atoms with Crippen LogP contribution >= 0.6 is 15.9 Å². The minimum Gasteiger partial charge on any atom is -0.486 e. The maximum Gasteiger partial charge on any atom is 0.323 e. The molecule has 0 aliphatic rings. The molecule has 1 rings (SSSR count). The fourth-order valence-corrected chi connectivity index (χ4v) is 1.97. The largest absolute Gasteiger partial charge is 0.486 e. The lowest BCUT2D eigenvalue weighted by Gasteiger charge is -2.18. The van der Waals surface area contributed by atoms with Gasteiger partial charge in [-0.3, -0.25) is 14.9 Å². The third kappa shape index (κ3) is 4.17. The lowest BCUT2D eigenvalue weighted by atomic mass is 9.98. The minimum absolute atomic E-state index is 0.131. The lowest BCUT2D eigenvalue weighted by molar-refractivity contribution is -0.386. The van der Waals surface area contributed by atoms with E-state index in [-0.39, 0.29) is 24.5 Å². The van der Waals surface area contributed by atoms with Crippen molar-refractivity contribution in [1.82, 2.24) is 0 Å². The summed E-state index contributed by atoms with van der Waals surface area (Å²) in [7, 11) is 0. The lowest BCUT2D eigenvalue weighted by Crippen LogP contribution is -2.44. The van der Waals surface area contributed by atoms with Crippen molar-refractivity contribution in [1.29, 1.82) is 0 Å². The van der Waals surface area contributed by atoms with Crippen molar-refractivity contribution in [2.75, 3.05) is 6.61 Å². The molecular weight excluding hydrogens is 332 g/mol. The van der Waals surface area contributed by atoms with Gasteiger partial charge in [-0.1, -0.05) is 6.07 Å². The molecular formula is C12H15BrN2O5. The van der Waals surface area contributed by atoms with Gasteiger partial charge in [0.25, 0.3) is 0 Å². The first-order valence-corrected chi connectivity index (χ1v) is 6.63. The normalized spacial score (nSPS) is 13.6. The average Bonchev–Trinajstić information content (AvgIpc) is 2.35. The molecule has 1 aromatic rings. The number of halogens is 1. The Bertz CT molecular complexity index is 519. The Morgan fingerprint density at radius 2 is 2.25 bits per heavy atom. The van der Waals surface area contributed by atoms with Gasteiger partial charge in [-0.05, 0) is 41.8 Å². The maximum atomic E-state index is 10.9. The van der Waals surface area contributed by atoms with Crippen molar-refractivity contribution >= 4 is 27.6 Å². The molecule has 8 heteroatoms. The summed E-state index contributed by atoms with van der Waals surface area (Å²) >= 11 is 3.18. The zero-order valence-electron chi connectivity index (χ0n) is 10.8. The molecule has 0 aromatic heterocycles. The third-order valence-corrected chi connectivity index (χ3v) is 3.34. The Labute approximate surface area is 124 Å². The summed E-state index contributed by atoms with van der Waals surface area (Å²) in [6.07, 6.45) is 0.582. The Hall–Kier alpha value is -1.67. The van der Waals surface area contributed by atoms with E-state index in [0.717, 1.165) is 0 Å². The Morgan fingerprint density at radius 3 is 2.80 bits per heavy atom. The van der Waals surface area contributed by atoms with Crippen molar-refractivity contribution in [2.45, 2.75) is 25.3 Å². The summed E-state index contributed by atoms with van der Waals surface area (Å²) in [4.78, 5) is 21.1. The number of hydrogen-bond acceptors (Lipinski definition) is 5. The van der Waals surface area contributed by atoms with E-state index in [1.54, 1.807) is 6.07 Å². The molecule has 1 atom stereocenters. The van der Waals surface area contributed by atoms with E-state index in [9.17, 15) is 14.9 Å². The fourth-order valence-electron chi connectivity index (χ4n) is 1.50. The van der Waals surface area contributed by atoms with Gasteiger partial charge in [-0.2, -0.15) is 0 Å². The molecule has 1 unspecified atom stereocenters. The van der Waals surface area contributed by atoms with Gasteiger partial charge in [0.05, 0.1) is 16.0 Å². The van der Waals surface area contributed by atoms with Crippen LogP contribution in [0.1, 0.15) is 19.8 Å². The molecule has 7 nitrogen and oxygen atoms in total. The number of carbonyl (C=O) groups is 1. The van der Waals surface area contributed by atoms with Crippen molar-refractivity contribution < 1.29 is 19.6 Å². The predicted octanol–water partition coefficient (Wildman–Crippen LogP) is 2.32. The number of nitrogens with zero attached hydrogens (tertiary/aromatic N) is 1. The van der Waals surface area contributed by atoms with E-state index >= 15 is 0 Å². The highest BCUT2D eigenvalue weighted by atomic mass is 79.9. The number of nitro groups is 1. The molecule has 0 radical (unpaired) electrons. The number of hydrogen-bond donors (Lipinski definition) is 2. The van der Waals surface area contributed by atoms with Crippen molar-refractivity contribution in [3.63, 3.8) is 0 Å². The summed E-state index contributed by atoms with van der Waals surface area (Å²) in [5.41, 5.74) is 4.10. The zero-order valence-corrected chi connectivity index (χ0v) is 12.4. The molecule has 0 aliphatic heterocycles. The highest BCUT2D eigenvalue weighted by molar-refractivity contribution is 9.10. The predicted molar refractivity (Wildman–Crippen MR) is 75.8 cm³/mol. The van der Waals surface area contributed by atoms with E-state index in [1.165, 1.54) is 19.1 Å². The van der Waals surface area contributed by atoms with Gasteiger partial charge in [-0.15, -0.1) is 0 Å². The van der Waals surface area contributed by atoms with Crippen LogP contribution in [-0.2, 0) is 4.79 Å². The smallest absolute Gasteiger partial charge is 0.323 e. The maximum absolute atomic E-state index is 10.9. The molecule has 3 N–H and O–H groups in total. The van der Waals surface area contributed by atoms with Crippen LogP contribution in [-0.4, -0.2) is 28.1 Å². The van der Waals surface area contributed by atoms with Crippen LogP contribution in [0.5, 0.6) is 5.75 Å². The second kappa shape index (κ2) is 6.67. The number of ether oxygens (including phenoxy) is 1. The molecule has 110 valence electrons. The van der Waals surface area contributed by atoms with E-state index in [2.05, 4.69) is 15.9 Å². The van der Waals surface area contributed by atoms with Crippen LogP contribution in [0.4, 0.5) is 5.69 Å². The Balaban J connectivity index is 2.63. The Kier molecular flexibility index (Phi) is 5.46. The van der Waals surface area contributed by atoms with Crippen LogP contribution in [0.2, 0.25) is 0 Å². The molecule has 0 fully saturated rings. The molecule has 0 aliphatic carbocycles. The quantitative estimate of drug-likeness (QED) is 0.444. The first-order valence-electron chi connectivity index (χ1n) is 5.83. The zero-order chi connectivity index (χ0) is 15.3. The summed E-state index contributed by atoms with van der Waals surface area (Å²) in [5, 5.41) is 19.7. The van der Waals surface area contributed by atoms with E-state index in [1.807, 2.05) is 0 Å². The summed E-state index contributed by atoms with van der Waals surface area (Å²) < 4.78 is 5.84. The molecule has 1 aromatic carbocycles. The minimum atomic E-state index is -1.33. The van der Waals surface area contributed by atoms with Gasteiger partial charge in [-0.25, -0.2) is 0 Å². The number of para-hydroxylation sites is 1. The number of rotatable bonds is 7. The SMILES string of the molecule is CC(N)(CCCOc1c(Br)cccc1[N+](=O)[O-])C(=O)O.